The van der Waals surface area contributed by atoms with Crippen molar-refractivity contribution in [2.45, 2.75) is 11.5 Å². The van der Waals surface area contributed by atoms with Gasteiger partial charge < -0.3 is 18.6 Å². The van der Waals surface area contributed by atoms with Crippen LogP contribution in [0.1, 0.15) is 26.7 Å². The van der Waals surface area contributed by atoms with E-state index >= 15 is 0 Å². The highest BCUT2D eigenvalue weighted by Gasteiger charge is 2.24. The van der Waals surface area contributed by atoms with Gasteiger partial charge in [-0.05, 0) is 48.5 Å². The highest BCUT2D eigenvalue weighted by molar-refractivity contribution is 7.92. The summed E-state index contributed by atoms with van der Waals surface area (Å²) in [5.74, 6) is -0.656. The number of furan rings is 1. The van der Waals surface area contributed by atoms with Crippen LogP contribution in [0.15, 0.2) is 70.0 Å². The average Bonchev–Trinajstić information content (AvgIpc) is 3.30. The molecule has 9 nitrogen and oxygen atoms in total. The van der Waals surface area contributed by atoms with E-state index in [2.05, 4.69) is 4.74 Å². The molecule has 168 valence electrons. The second-order valence-corrected chi connectivity index (χ2v) is 8.47. The summed E-state index contributed by atoms with van der Waals surface area (Å²) >= 11 is 0. The predicted octanol–water partition coefficient (Wildman–Crippen LogP) is 3.26. The average molecular weight is 459 g/mol. The number of carbonyl (C=O) groups is 2. The van der Waals surface area contributed by atoms with Crippen molar-refractivity contribution in [1.29, 1.82) is 0 Å². The first-order chi connectivity index (χ1) is 15.3. The molecule has 1 heterocycles. The minimum atomic E-state index is -3.89. The summed E-state index contributed by atoms with van der Waals surface area (Å²) in [7, 11) is 0.212. The Labute approximate surface area is 185 Å². The quantitative estimate of drug-likeness (QED) is 0.472. The molecule has 3 rings (SSSR count). The smallest absolute Gasteiger partial charge is 0.373 e. The molecule has 0 aliphatic rings. The summed E-state index contributed by atoms with van der Waals surface area (Å²) in [4.78, 5) is 23.7. The fourth-order valence-electron chi connectivity index (χ4n) is 2.83. The van der Waals surface area contributed by atoms with E-state index in [-0.39, 0.29) is 28.6 Å². The summed E-state index contributed by atoms with van der Waals surface area (Å²) in [6.45, 7) is -0.202. The first kappa shape index (κ1) is 22.9. The van der Waals surface area contributed by atoms with Crippen LogP contribution in [0.25, 0.3) is 0 Å². The molecule has 0 bridgehead atoms. The molecule has 0 unspecified atom stereocenters. The van der Waals surface area contributed by atoms with Crippen molar-refractivity contribution in [2.24, 2.45) is 0 Å². The number of benzene rings is 2. The van der Waals surface area contributed by atoms with Crippen LogP contribution in [0.4, 0.5) is 5.69 Å². The zero-order valence-corrected chi connectivity index (χ0v) is 18.4. The standard InChI is InChI=1S/C22H21NO8S/c1-23(18-6-4-5-7-19(18)28-2)32(26,27)17-11-8-15(9-12-17)21(24)30-14-16-10-13-20(31-16)22(25)29-3/h4-13H,14H2,1-3H3. The van der Waals surface area contributed by atoms with E-state index in [1.165, 1.54) is 57.7 Å². The molecule has 32 heavy (non-hydrogen) atoms. The highest BCUT2D eigenvalue weighted by atomic mass is 32.2. The lowest BCUT2D eigenvalue weighted by Crippen LogP contribution is -2.27. The molecule has 0 amide bonds. The molecule has 0 aliphatic carbocycles. The summed E-state index contributed by atoms with van der Waals surface area (Å²) in [6.07, 6.45) is 0. The number of anilines is 1. The van der Waals surface area contributed by atoms with Crippen LogP contribution in [0.3, 0.4) is 0 Å². The summed E-state index contributed by atoms with van der Waals surface area (Å²) in [5.41, 5.74) is 0.534. The van der Waals surface area contributed by atoms with Crippen molar-refractivity contribution in [1.82, 2.24) is 0 Å². The van der Waals surface area contributed by atoms with Gasteiger partial charge in [-0.3, -0.25) is 4.31 Å². The maximum Gasteiger partial charge on any atom is 0.373 e. The van der Waals surface area contributed by atoms with E-state index in [9.17, 15) is 18.0 Å². The largest absolute Gasteiger partial charge is 0.495 e. The number of methoxy groups -OCH3 is 2. The van der Waals surface area contributed by atoms with E-state index < -0.39 is 22.0 Å². The molecule has 2 aromatic carbocycles. The van der Waals surface area contributed by atoms with Gasteiger partial charge in [0, 0.05) is 7.05 Å². The Kier molecular flexibility index (Phi) is 6.84. The van der Waals surface area contributed by atoms with Gasteiger partial charge >= 0.3 is 11.9 Å². The van der Waals surface area contributed by atoms with Crippen LogP contribution < -0.4 is 9.04 Å². The Morgan fingerprint density at radius 3 is 2.28 bits per heavy atom. The van der Waals surface area contributed by atoms with Crippen molar-refractivity contribution in [3.05, 3.63) is 77.7 Å². The third kappa shape index (κ3) is 4.75. The summed E-state index contributed by atoms with van der Waals surface area (Å²) < 4.78 is 47.2. The number of sulfonamides is 1. The zero-order chi connectivity index (χ0) is 23.3. The monoisotopic (exact) mass is 459 g/mol. The lowest BCUT2D eigenvalue weighted by atomic mass is 10.2. The van der Waals surface area contributed by atoms with Gasteiger partial charge in [-0.15, -0.1) is 0 Å². The zero-order valence-electron chi connectivity index (χ0n) is 17.6. The minimum absolute atomic E-state index is 0.00351. The number of nitrogens with zero attached hydrogens (tertiary/aromatic N) is 1. The number of para-hydroxylation sites is 2. The van der Waals surface area contributed by atoms with Crippen LogP contribution in [0.5, 0.6) is 5.75 Å². The van der Waals surface area contributed by atoms with Crippen LogP contribution in [0, 0.1) is 0 Å². The molecule has 0 spiro atoms. The van der Waals surface area contributed by atoms with Gasteiger partial charge in [0.05, 0.1) is 30.4 Å². The van der Waals surface area contributed by atoms with Crippen LogP contribution in [0.2, 0.25) is 0 Å². The Morgan fingerprint density at radius 1 is 0.938 bits per heavy atom. The SMILES string of the molecule is COC(=O)c1ccc(COC(=O)c2ccc(S(=O)(=O)N(C)c3ccccc3OC)cc2)o1. The van der Waals surface area contributed by atoms with Gasteiger partial charge in [0.1, 0.15) is 18.1 Å². The van der Waals surface area contributed by atoms with E-state index in [1.807, 2.05) is 0 Å². The number of rotatable bonds is 8. The highest BCUT2D eigenvalue weighted by Crippen LogP contribution is 2.30. The number of esters is 2. The molecule has 1 aromatic heterocycles. The molecule has 0 radical (unpaired) electrons. The molecule has 0 N–H and O–H groups in total. The first-order valence-electron chi connectivity index (χ1n) is 9.34. The van der Waals surface area contributed by atoms with Gasteiger partial charge in [-0.1, -0.05) is 12.1 Å². The van der Waals surface area contributed by atoms with Crippen molar-refractivity contribution < 1.29 is 36.6 Å². The topological polar surface area (TPSA) is 112 Å². The van der Waals surface area contributed by atoms with Gasteiger partial charge in [0.2, 0.25) is 5.76 Å². The molecular formula is C22H21NO8S. The Morgan fingerprint density at radius 2 is 1.62 bits per heavy atom. The maximum absolute atomic E-state index is 13.0. The van der Waals surface area contributed by atoms with Crippen molar-refractivity contribution in [3.8, 4) is 5.75 Å². The molecule has 0 saturated carbocycles. The summed E-state index contributed by atoms with van der Waals surface area (Å²) in [5, 5.41) is 0. The fraction of sp³-hybridized carbons (Fsp3) is 0.182. The Balaban J connectivity index is 1.70. The Bertz CT molecular complexity index is 1210. The predicted molar refractivity (Wildman–Crippen MR) is 114 cm³/mol. The lowest BCUT2D eigenvalue weighted by molar-refractivity contribution is 0.0438. The number of ether oxygens (including phenoxy) is 3. The summed E-state index contributed by atoms with van der Waals surface area (Å²) in [6, 6.07) is 15.0. The minimum Gasteiger partial charge on any atom is -0.495 e. The van der Waals surface area contributed by atoms with Crippen molar-refractivity contribution in [2.75, 3.05) is 25.6 Å². The fourth-order valence-corrected chi connectivity index (χ4v) is 4.03. The normalized spacial score (nSPS) is 11.0. The Hall–Kier alpha value is -3.79. The van der Waals surface area contributed by atoms with E-state index in [4.69, 9.17) is 13.9 Å². The third-order valence-corrected chi connectivity index (χ3v) is 6.35. The molecule has 0 atom stereocenters. The number of hydrogen-bond donors (Lipinski definition) is 0. The van der Waals surface area contributed by atoms with Crippen molar-refractivity contribution in [3.63, 3.8) is 0 Å². The van der Waals surface area contributed by atoms with E-state index in [0.29, 0.717) is 11.4 Å². The van der Waals surface area contributed by atoms with Gasteiger partial charge in [0.15, 0.2) is 0 Å². The van der Waals surface area contributed by atoms with Gasteiger partial charge in [-0.25, -0.2) is 18.0 Å². The number of carbonyl (C=O) groups excluding carboxylic acids is 2. The molecule has 0 fully saturated rings. The van der Waals surface area contributed by atoms with E-state index in [0.717, 1.165) is 4.31 Å². The molecule has 0 aliphatic heterocycles. The van der Waals surface area contributed by atoms with Crippen LogP contribution >= 0.6 is 0 Å². The van der Waals surface area contributed by atoms with Crippen LogP contribution in [-0.2, 0) is 26.1 Å². The van der Waals surface area contributed by atoms with Gasteiger partial charge in [-0.2, -0.15) is 0 Å². The van der Waals surface area contributed by atoms with E-state index in [1.54, 1.807) is 24.3 Å². The third-order valence-electron chi connectivity index (χ3n) is 4.57. The molecule has 10 heteroatoms. The first-order valence-corrected chi connectivity index (χ1v) is 10.8. The molecule has 3 aromatic rings. The molecule has 0 saturated heterocycles. The second-order valence-electron chi connectivity index (χ2n) is 6.50. The van der Waals surface area contributed by atoms with Crippen molar-refractivity contribution >= 4 is 27.6 Å². The molecular weight excluding hydrogens is 438 g/mol. The van der Waals surface area contributed by atoms with Crippen LogP contribution in [-0.4, -0.2) is 41.6 Å². The number of hydrogen-bond acceptors (Lipinski definition) is 8. The second kappa shape index (κ2) is 9.56. The van der Waals surface area contributed by atoms with Gasteiger partial charge in [0.25, 0.3) is 10.0 Å². The lowest BCUT2D eigenvalue weighted by Gasteiger charge is -2.21. The maximum atomic E-state index is 13.0.